The molecule has 0 bridgehead atoms. The Labute approximate surface area is 82.3 Å². The van der Waals surface area contributed by atoms with Crippen molar-refractivity contribution in [2.75, 3.05) is 0 Å². The summed E-state index contributed by atoms with van der Waals surface area (Å²) in [4.78, 5) is 19.3. The zero-order valence-electron chi connectivity index (χ0n) is 8.36. The predicted octanol–water partition coefficient (Wildman–Crippen LogP) is -0.000600. The molecule has 0 saturated carbocycles. The second kappa shape index (κ2) is 7.28. The molecule has 0 aromatic carbocycles. The minimum absolute atomic E-state index is 0.296. The summed E-state index contributed by atoms with van der Waals surface area (Å²) in [5, 5.41) is 24.4. The summed E-state index contributed by atoms with van der Waals surface area (Å²) in [5.41, 5.74) is 4.13. The molecule has 0 aromatic heterocycles. The SMILES string of the molecule is CCC(C)(N)O.O=C(O)CCC(=O)O. The van der Waals surface area contributed by atoms with Gasteiger partial charge in [-0.15, -0.1) is 0 Å². The summed E-state index contributed by atoms with van der Waals surface area (Å²) in [7, 11) is 0. The van der Waals surface area contributed by atoms with Crippen molar-refractivity contribution in [1.82, 2.24) is 0 Å². The number of hydrogen-bond acceptors (Lipinski definition) is 4. The van der Waals surface area contributed by atoms with Gasteiger partial charge < -0.3 is 21.1 Å². The highest BCUT2D eigenvalue weighted by molar-refractivity contribution is 5.75. The van der Waals surface area contributed by atoms with Crippen molar-refractivity contribution in [1.29, 1.82) is 0 Å². The molecule has 0 spiro atoms. The van der Waals surface area contributed by atoms with Crippen molar-refractivity contribution >= 4 is 11.9 Å². The Morgan fingerprint density at radius 2 is 1.43 bits per heavy atom. The van der Waals surface area contributed by atoms with E-state index in [1.165, 1.54) is 0 Å². The Bertz CT molecular complexity index is 171. The van der Waals surface area contributed by atoms with Crippen LogP contribution in [0.1, 0.15) is 33.1 Å². The molecule has 0 heterocycles. The summed E-state index contributed by atoms with van der Waals surface area (Å²) >= 11 is 0. The minimum Gasteiger partial charge on any atom is -0.481 e. The summed E-state index contributed by atoms with van der Waals surface area (Å²) in [6.45, 7) is 3.41. The van der Waals surface area contributed by atoms with E-state index in [0.29, 0.717) is 6.42 Å². The van der Waals surface area contributed by atoms with Crippen molar-refractivity contribution < 1.29 is 24.9 Å². The Kier molecular flexibility index (Phi) is 7.98. The van der Waals surface area contributed by atoms with Crippen LogP contribution in [0.15, 0.2) is 0 Å². The molecule has 0 aromatic rings. The van der Waals surface area contributed by atoms with Crippen molar-refractivity contribution in [3.05, 3.63) is 0 Å². The fourth-order valence-corrected chi connectivity index (χ4v) is 0.214. The molecule has 0 radical (unpaired) electrons. The van der Waals surface area contributed by atoms with E-state index in [0.717, 1.165) is 0 Å². The Balaban J connectivity index is 0. The molecular formula is C8H17NO5. The lowest BCUT2D eigenvalue weighted by Gasteiger charge is -2.11. The van der Waals surface area contributed by atoms with E-state index in [-0.39, 0.29) is 12.8 Å². The fraction of sp³-hybridized carbons (Fsp3) is 0.750. The minimum atomic E-state index is -1.08. The second-order valence-electron chi connectivity index (χ2n) is 3.00. The molecule has 0 saturated heterocycles. The molecule has 0 fully saturated rings. The highest BCUT2D eigenvalue weighted by Gasteiger charge is 2.06. The number of aliphatic carboxylic acids is 2. The molecule has 6 heteroatoms. The van der Waals surface area contributed by atoms with Crippen LogP contribution in [-0.4, -0.2) is 33.0 Å². The number of carboxylic acids is 2. The molecule has 1 unspecified atom stereocenters. The summed E-state index contributed by atoms with van der Waals surface area (Å²) in [6.07, 6.45) is 0.0116. The number of carboxylic acid groups (broad SMARTS) is 2. The van der Waals surface area contributed by atoms with Gasteiger partial charge in [0, 0.05) is 0 Å². The van der Waals surface area contributed by atoms with Gasteiger partial charge in [0.15, 0.2) is 0 Å². The number of nitrogens with two attached hydrogens (primary N) is 1. The monoisotopic (exact) mass is 207 g/mol. The van der Waals surface area contributed by atoms with Crippen LogP contribution in [0.5, 0.6) is 0 Å². The molecule has 0 aliphatic heterocycles. The van der Waals surface area contributed by atoms with Crippen LogP contribution in [-0.2, 0) is 9.59 Å². The Morgan fingerprint density at radius 1 is 1.21 bits per heavy atom. The maximum Gasteiger partial charge on any atom is 0.303 e. The Morgan fingerprint density at radius 3 is 1.50 bits per heavy atom. The maximum atomic E-state index is 9.64. The lowest BCUT2D eigenvalue weighted by Crippen LogP contribution is -2.34. The van der Waals surface area contributed by atoms with Crippen LogP contribution in [0.2, 0.25) is 0 Å². The standard InChI is InChI=1S/C4H11NO.C4H6O4/c1-3-4(2,5)6;5-3(6)1-2-4(7)8/h6H,3,5H2,1-2H3;1-2H2,(H,5,6)(H,7,8). The molecule has 0 aliphatic rings. The van der Waals surface area contributed by atoms with Gasteiger partial charge in [0.05, 0.1) is 12.8 Å². The van der Waals surface area contributed by atoms with Gasteiger partial charge in [-0.1, -0.05) is 6.92 Å². The summed E-state index contributed by atoms with van der Waals surface area (Å²) in [5.74, 6) is -2.15. The van der Waals surface area contributed by atoms with Gasteiger partial charge in [0.2, 0.25) is 0 Å². The molecule has 0 amide bonds. The van der Waals surface area contributed by atoms with Crippen LogP contribution in [0.4, 0.5) is 0 Å². The smallest absolute Gasteiger partial charge is 0.303 e. The van der Waals surface area contributed by atoms with Gasteiger partial charge in [-0.2, -0.15) is 0 Å². The van der Waals surface area contributed by atoms with Crippen molar-refractivity contribution in [3.63, 3.8) is 0 Å². The quantitative estimate of drug-likeness (QED) is 0.481. The van der Waals surface area contributed by atoms with Crippen LogP contribution in [0.3, 0.4) is 0 Å². The number of hydrogen-bond donors (Lipinski definition) is 4. The first kappa shape index (κ1) is 15.3. The van der Waals surface area contributed by atoms with Gasteiger partial charge in [0.1, 0.15) is 5.72 Å². The van der Waals surface area contributed by atoms with E-state index >= 15 is 0 Å². The van der Waals surface area contributed by atoms with Crippen molar-refractivity contribution in [3.8, 4) is 0 Å². The third kappa shape index (κ3) is 22.4. The average molecular weight is 207 g/mol. The van der Waals surface area contributed by atoms with Crippen molar-refractivity contribution in [2.24, 2.45) is 5.73 Å². The average Bonchev–Trinajstić information content (AvgIpc) is 2.01. The molecular weight excluding hydrogens is 190 g/mol. The zero-order valence-corrected chi connectivity index (χ0v) is 8.36. The van der Waals surface area contributed by atoms with Gasteiger partial charge in [-0.3, -0.25) is 9.59 Å². The zero-order chi connectivity index (χ0) is 11.8. The van der Waals surface area contributed by atoms with Crippen LogP contribution < -0.4 is 5.73 Å². The predicted molar refractivity (Wildman–Crippen MR) is 49.6 cm³/mol. The van der Waals surface area contributed by atoms with Gasteiger partial charge >= 0.3 is 11.9 Å². The van der Waals surface area contributed by atoms with Gasteiger partial charge in [-0.25, -0.2) is 0 Å². The summed E-state index contributed by atoms with van der Waals surface area (Å²) < 4.78 is 0. The van der Waals surface area contributed by atoms with E-state index in [2.05, 4.69) is 0 Å². The van der Waals surface area contributed by atoms with Gasteiger partial charge in [0.25, 0.3) is 0 Å². The number of carbonyl (C=O) groups is 2. The largest absolute Gasteiger partial charge is 0.481 e. The van der Waals surface area contributed by atoms with E-state index < -0.39 is 17.7 Å². The molecule has 5 N–H and O–H groups in total. The van der Waals surface area contributed by atoms with Gasteiger partial charge in [-0.05, 0) is 13.3 Å². The Hall–Kier alpha value is -1.14. The molecule has 0 rings (SSSR count). The highest BCUT2D eigenvalue weighted by atomic mass is 16.4. The topological polar surface area (TPSA) is 121 Å². The third-order valence-corrected chi connectivity index (χ3v) is 1.27. The first-order valence-corrected chi connectivity index (χ1v) is 4.14. The maximum absolute atomic E-state index is 9.64. The molecule has 84 valence electrons. The number of aliphatic hydroxyl groups is 1. The van der Waals surface area contributed by atoms with E-state index in [1.54, 1.807) is 6.92 Å². The second-order valence-corrected chi connectivity index (χ2v) is 3.00. The molecule has 14 heavy (non-hydrogen) atoms. The van der Waals surface area contributed by atoms with E-state index in [4.69, 9.17) is 21.1 Å². The highest BCUT2D eigenvalue weighted by Crippen LogP contribution is 1.94. The number of rotatable bonds is 4. The molecule has 0 aliphatic carbocycles. The van der Waals surface area contributed by atoms with E-state index in [9.17, 15) is 9.59 Å². The van der Waals surface area contributed by atoms with Crippen LogP contribution in [0, 0.1) is 0 Å². The van der Waals surface area contributed by atoms with E-state index in [1.807, 2.05) is 6.92 Å². The summed E-state index contributed by atoms with van der Waals surface area (Å²) in [6, 6.07) is 0. The lowest BCUT2D eigenvalue weighted by atomic mass is 10.2. The third-order valence-electron chi connectivity index (χ3n) is 1.27. The normalized spacial score (nSPS) is 13.4. The molecule has 1 atom stereocenters. The van der Waals surface area contributed by atoms with Crippen LogP contribution in [0.25, 0.3) is 0 Å². The van der Waals surface area contributed by atoms with Crippen LogP contribution >= 0.6 is 0 Å². The molecule has 6 nitrogen and oxygen atoms in total. The first-order valence-electron chi connectivity index (χ1n) is 4.14. The lowest BCUT2D eigenvalue weighted by molar-refractivity contribution is -0.143. The first-order chi connectivity index (χ1) is 6.19. The van der Waals surface area contributed by atoms with Crippen molar-refractivity contribution in [2.45, 2.75) is 38.8 Å². The fourth-order valence-electron chi connectivity index (χ4n) is 0.214.